The van der Waals surface area contributed by atoms with Crippen LogP contribution in [0.15, 0.2) is 4.99 Å². The van der Waals surface area contributed by atoms with Crippen molar-refractivity contribution < 1.29 is 4.79 Å². The summed E-state index contributed by atoms with van der Waals surface area (Å²) in [5.74, 6) is 0.898. The Morgan fingerprint density at radius 2 is 2.07 bits per heavy atom. The summed E-state index contributed by atoms with van der Waals surface area (Å²) in [6, 6.07) is 0. The van der Waals surface area contributed by atoms with Crippen molar-refractivity contribution in [2.45, 2.75) is 26.2 Å². The fourth-order valence-corrected chi connectivity index (χ4v) is 1.15. The van der Waals surface area contributed by atoms with Gasteiger partial charge in [-0.1, -0.05) is 6.92 Å². The summed E-state index contributed by atoms with van der Waals surface area (Å²) in [6.07, 6.45) is 3.07. The molecule has 0 heterocycles. The Kier molecular flexibility index (Phi) is 4.93. The minimum Gasteiger partial charge on any atom is -0.370 e. The number of nitrogens with two attached hydrogens (primary N) is 1. The molecule has 0 spiro atoms. The largest absolute Gasteiger partial charge is 0.370 e. The third-order valence-corrected chi connectivity index (χ3v) is 2.18. The molecule has 1 rings (SSSR count). The number of aliphatic imine (C=N–C) groups is 1. The van der Waals surface area contributed by atoms with Crippen LogP contribution in [0.5, 0.6) is 0 Å². The van der Waals surface area contributed by atoms with E-state index in [0.717, 1.165) is 25.8 Å². The van der Waals surface area contributed by atoms with E-state index in [9.17, 15) is 4.79 Å². The number of carbonyl (C=O) groups is 1. The SMILES string of the molecule is CCCN=C(N)NCCNC(=O)C1CC1. The van der Waals surface area contributed by atoms with Crippen molar-refractivity contribution >= 4 is 11.9 Å². The van der Waals surface area contributed by atoms with Gasteiger partial charge in [0.1, 0.15) is 0 Å². The first-order valence-electron chi connectivity index (χ1n) is 5.55. The van der Waals surface area contributed by atoms with Crippen molar-refractivity contribution in [2.24, 2.45) is 16.6 Å². The molecule has 1 aliphatic rings. The van der Waals surface area contributed by atoms with Crippen LogP contribution in [0.4, 0.5) is 0 Å². The van der Waals surface area contributed by atoms with E-state index in [0.29, 0.717) is 19.0 Å². The Balaban J connectivity index is 1.97. The molecule has 0 aromatic heterocycles. The van der Waals surface area contributed by atoms with Crippen LogP contribution < -0.4 is 16.4 Å². The lowest BCUT2D eigenvalue weighted by atomic mass is 10.4. The van der Waals surface area contributed by atoms with E-state index in [1.54, 1.807) is 0 Å². The van der Waals surface area contributed by atoms with Crippen LogP contribution in [0.2, 0.25) is 0 Å². The Bertz CT molecular complexity index is 236. The third-order valence-electron chi connectivity index (χ3n) is 2.18. The molecular formula is C10H20N4O. The van der Waals surface area contributed by atoms with E-state index < -0.39 is 0 Å². The van der Waals surface area contributed by atoms with Gasteiger partial charge in [0.05, 0.1) is 0 Å². The summed E-state index contributed by atoms with van der Waals surface area (Å²) >= 11 is 0. The smallest absolute Gasteiger partial charge is 0.223 e. The van der Waals surface area contributed by atoms with Crippen molar-refractivity contribution in [1.29, 1.82) is 0 Å². The second-order valence-electron chi connectivity index (χ2n) is 3.76. The zero-order valence-electron chi connectivity index (χ0n) is 9.25. The molecule has 0 radical (unpaired) electrons. The molecule has 4 N–H and O–H groups in total. The van der Waals surface area contributed by atoms with Crippen LogP contribution in [0.3, 0.4) is 0 Å². The Hall–Kier alpha value is -1.26. The van der Waals surface area contributed by atoms with Crippen molar-refractivity contribution in [2.75, 3.05) is 19.6 Å². The minimum absolute atomic E-state index is 0.167. The normalized spacial score (nSPS) is 16.2. The molecule has 1 saturated carbocycles. The van der Waals surface area contributed by atoms with Crippen molar-refractivity contribution in [1.82, 2.24) is 10.6 Å². The topological polar surface area (TPSA) is 79.5 Å². The molecule has 1 amide bonds. The molecule has 0 bridgehead atoms. The summed E-state index contributed by atoms with van der Waals surface area (Å²) in [4.78, 5) is 15.3. The Morgan fingerprint density at radius 1 is 1.40 bits per heavy atom. The number of carbonyl (C=O) groups excluding carboxylic acids is 1. The second-order valence-corrected chi connectivity index (χ2v) is 3.76. The average Bonchev–Trinajstić information content (AvgIpc) is 3.04. The van der Waals surface area contributed by atoms with Crippen LogP contribution in [-0.4, -0.2) is 31.5 Å². The number of nitrogens with one attached hydrogen (secondary N) is 2. The van der Waals surface area contributed by atoms with Crippen LogP contribution in [0.1, 0.15) is 26.2 Å². The molecule has 5 heteroatoms. The van der Waals surface area contributed by atoms with Gasteiger partial charge < -0.3 is 16.4 Å². The molecule has 5 nitrogen and oxygen atoms in total. The van der Waals surface area contributed by atoms with Gasteiger partial charge in [-0.25, -0.2) is 0 Å². The van der Waals surface area contributed by atoms with Gasteiger partial charge in [-0.2, -0.15) is 0 Å². The quantitative estimate of drug-likeness (QED) is 0.325. The summed E-state index contributed by atoms with van der Waals surface area (Å²) in [7, 11) is 0. The van der Waals surface area contributed by atoms with E-state index in [1.165, 1.54) is 0 Å². The molecule has 0 unspecified atom stereocenters. The number of guanidine groups is 1. The molecule has 0 saturated heterocycles. The average molecular weight is 212 g/mol. The Morgan fingerprint density at radius 3 is 2.67 bits per heavy atom. The van der Waals surface area contributed by atoms with Crippen molar-refractivity contribution in [3.8, 4) is 0 Å². The molecule has 0 atom stereocenters. The predicted molar refractivity (Wildman–Crippen MR) is 60.5 cm³/mol. The maximum Gasteiger partial charge on any atom is 0.223 e. The summed E-state index contributed by atoms with van der Waals surface area (Å²) in [5.41, 5.74) is 5.57. The number of nitrogens with zero attached hydrogens (tertiary/aromatic N) is 1. The molecular weight excluding hydrogens is 192 g/mol. The van der Waals surface area contributed by atoms with Gasteiger partial charge in [-0.05, 0) is 19.3 Å². The van der Waals surface area contributed by atoms with E-state index in [4.69, 9.17) is 5.73 Å². The molecule has 1 aliphatic carbocycles. The van der Waals surface area contributed by atoms with Gasteiger partial charge in [0.15, 0.2) is 5.96 Å². The first-order valence-corrected chi connectivity index (χ1v) is 5.55. The lowest BCUT2D eigenvalue weighted by Gasteiger charge is -2.06. The molecule has 15 heavy (non-hydrogen) atoms. The standard InChI is InChI=1S/C10H20N4O/c1-2-5-13-10(11)14-7-6-12-9(15)8-3-4-8/h8H,2-7H2,1H3,(H,12,15)(H3,11,13,14). The zero-order valence-corrected chi connectivity index (χ0v) is 9.25. The van der Waals surface area contributed by atoms with Gasteiger partial charge in [-0.3, -0.25) is 9.79 Å². The van der Waals surface area contributed by atoms with Gasteiger partial charge in [0.25, 0.3) is 0 Å². The number of hydrogen-bond donors (Lipinski definition) is 3. The van der Waals surface area contributed by atoms with Gasteiger partial charge in [-0.15, -0.1) is 0 Å². The molecule has 0 aromatic carbocycles. The van der Waals surface area contributed by atoms with Crippen molar-refractivity contribution in [3.63, 3.8) is 0 Å². The summed E-state index contributed by atoms with van der Waals surface area (Å²) in [6.45, 7) is 4.04. The van der Waals surface area contributed by atoms with E-state index in [1.807, 2.05) is 6.92 Å². The van der Waals surface area contributed by atoms with E-state index in [2.05, 4.69) is 15.6 Å². The first-order chi connectivity index (χ1) is 7.24. The van der Waals surface area contributed by atoms with Gasteiger partial charge in [0, 0.05) is 25.6 Å². The first kappa shape index (κ1) is 11.8. The third kappa shape index (κ3) is 5.24. The summed E-state index contributed by atoms with van der Waals surface area (Å²) in [5, 5.41) is 5.79. The predicted octanol–water partition coefficient (Wildman–Crippen LogP) is -0.173. The number of hydrogen-bond acceptors (Lipinski definition) is 2. The monoisotopic (exact) mass is 212 g/mol. The zero-order chi connectivity index (χ0) is 11.1. The van der Waals surface area contributed by atoms with Gasteiger partial charge in [0.2, 0.25) is 5.91 Å². The highest BCUT2D eigenvalue weighted by Crippen LogP contribution is 2.28. The van der Waals surface area contributed by atoms with Crippen LogP contribution in [0.25, 0.3) is 0 Å². The van der Waals surface area contributed by atoms with Crippen LogP contribution >= 0.6 is 0 Å². The highest BCUT2D eigenvalue weighted by Gasteiger charge is 2.28. The maximum atomic E-state index is 11.2. The molecule has 0 aromatic rings. The lowest BCUT2D eigenvalue weighted by molar-refractivity contribution is -0.122. The molecule has 86 valence electrons. The fraction of sp³-hybridized carbons (Fsp3) is 0.800. The fourth-order valence-electron chi connectivity index (χ4n) is 1.15. The van der Waals surface area contributed by atoms with E-state index >= 15 is 0 Å². The highest BCUT2D eigenvalue weighted by atomic mass is 16.2. The summed E-state index contributed by atoms with van der Waals surface area (Å²) < 4.78 is 0. The van der Waals surface area contributed by atoms with Crippen molar-refractivity contribution in [3.05, 3.63) is 0 Å². The van der Waals surface area contributed by atoms with Gasteiger partial charge >= 0.3 is 0 Å². The maximum absolute atomic E-state index is 11.2. The highest BCUT2D eigenvalue weighted by molar-refractivity contribution is 5.81. The molecule has 1 fully saturated rings. The number of rotatable bonds is 6. The lowest BCUT2D eigenvalue weighted by Crippen LogP contribution is -2.38. The van der Waals surface area contributed by atoms with Crippen LogP contribution in [0, 0.1) is 5.92 Å². The van der Waals surface area contributed by atoms with Crippen LogP contribution in [-0.2, 0) is 4.79 Å². The Labute approximate surface area is 90.5 Å². The number of amides is 1. The second kappa shape index (κ2) is 6.27. The molecule has 0 aliphatic heterocycles. The minimum atomic E-state index is 0.167. The van der Waals surface area contributed by atoms with E-state index in [-0.39, 0.29) is 11.8 Å².